The van der Waals surface area contributed by atoms with E-state index in [1.807, 2.05) is 0 Å². The molecule has 9 heteroatoms. The molecule has 0 aliphatic heterocycles. The molecule has 1 rings (SSSR count). The van der Waals surface area contributed by atoms with Gasteiger partial charge in [0.2, 0.25) is 0 Å². The molecule has 1 atom stereocenters. The predicted octanol–water partition coefficient (Wildman–Crippen LogP) is 2.44. The van der Waals surface area contributed by atoms with Crippen molar-refractivity contribution >= 4 is 5.97 Å². The minimum absolute atomic E-state index is 0.163. The van der Waals surface area contributed by atoms with Crippen LogP contribution in [0.1, 0.15) is 18.5 Å². The highest BCUT2D eigenvalue weighted by molar-refractivity contribution is 5.78. The molecular formula is C11H9F6NO2. The summed E-state index contributed by atoms with van der Waals surface area (Å²) >= 11 is 0. The molecule has 0 aliphatic carbocycles. The number of carbonyl (C=O) groups is 1. The van der Waals surface area contributed by atoms with Gasteiger partial charge in [-0.15, -0.1) is 0 Å². The number of ether oxygens (including phenoxy) is 1. The first kappa shape index (κ1) is 16.3. The zero-order valence-corrected chi connectivity index (χ0v) is 10.0. The van der Waals surface area contributed by atoms with Gasteiger partial charge in [-0.3, -0.25) is 0 Å². The first-order valence-electron chi connectivity index (χ1n) is 5.28. The molecule has 2 N–H and O–H groups in total. The van der Waals surface area contributed by atoms with Gasteiger partial charge in [0.25, 0.3) is 0 Å². The number of halogens is 6. The van der Waals surface area contributed by atoms with Crippen molar-refractivity contribution in [3.05, 3.63) is 34.9 Å². The second-order valence-corrected chi connectivity index (χ2v) is 3.70. The summed E-state index contributed by atoms with van der Waals surface area (Å²) in [6.07, 6.45) is 0. The largest absolute Gasteiger partial charge is 0.462 e. The van der Waals surface area contributed by atoms with Crippen LogP contribution in [-0.2, 0) is 9.53 Å². The van der Waals surface area contributed by atoms with E-state index >= 15 is 0 Å². The SMILES string of the molecule is CCOC(=O)C(F)(F)[C@@H](N)c1c(F)c(F)cc(F)c1F. The second-order valence-electron chi connectivity index (χ2n) is 3.70. The van der Waals surface area contributed by atoms with Crippen molar-refractivity contribution in [2.45, 2.75) is 18.9 Å². The van der Waals surface area contributed by atoms with Crippen LogP contribution in [0.3, 0.4) is 0 Å². The van der Waals surface area contributed by atoms with E-state index in [2.05, 4.69) is 4.74 Å². The molecular weight excluding hydrogens is 292 g/mol. The smallest absolute Gasteiger partial charge is 0.379 e. The zero-order valence-electron chi connectivity index (χ0n) is 10.0. The van der Waals surface area contributed by atoms with E-state index in [1.165, 1.54) is 6.92 Å². The Morgan fingerprint density at radius 3 is 2.10 bits per heavy atom. The van der Waals surface area contributed by atoms with E-state index in [9.17, 15) is 31.1 Å². The third-order valence-corrected chi connectivity index (χ3v) is 2.39. The molecule has 0 unspecified atom stereocenters. The summed E-state index contributed by atoms with van der Waals surface area (Å²) in [6, 6.07) is -3.10. The van der Waals surface area contributed by atoms with Gasteiger partial charge in [0, 0.05) is 6.07 Å². The normalized spacial score (nSPS) is 13.2. The lowest BCUT2D eigenvalue weighted by Crippen LogP contribution is -2.42. The third-order valence-electron chi connectivity index (χ3n) is 2.39. The Bertz CT molecular complexity index is 508. The highest BCUT2D eigenvalue weighted by atomic mass is 19.3. The molecule has 1 aromatic carbocycles. The van der Waals surface area contributed by atoms with E-state index in [0.717, 1.165) is 0 Å². The number of hydrogen-bond donors (Lipinski definition) is 1. The van der Waals surface area contributed by atoms with Crippen molar-refractivity contribution in [1.29, 1.82) is 0 Å². The number of hydrogen-bond acceptors (Lipinski definition) is 3. The number of benzene rings is 1. The minimum atomic E-state index is -4.56. The fourth-order valence-electron chi connectivity index (χ4n) is 1.40. The molecule has 0 radical (unpaired) electrons. The molecule has 0 fully saturated rings. The zero-order chi connectivity index (χ0) is 15.7. The number of alkyl halides is 2. The topological polar surface area (TPSA) is 52.3 Å². The van der Waals surface area contributed by atoms with Crippen molar-refractivity contribution in [1.82, 2.24) is 0 Å². The van der Waals surface area contributed by atoms with E-state index < -0.39 is 53.4 Å². The van der Waals surface area contributed by atoms with Crippen LogP contribution in [0.15, 0.2) is 6.07 Å². The Balaban J connectivity index is 3.34. The Labute approximate surface area is 109 Å². The quantitative estimate of drug-likeness (QED) is 0.528. The Hall–Kier alpha value is -1.77. The lowest BCUT2D eigenvalue weighted by molar-refractivity contribution is -0.175. The van der Waals surface area contributed by atoms with Crippen molar-refractivity contribution in [3.63, 3.8) is 0 Å². The molecule has 0 aliphatic rings. The van der Waals surface area contributed by atoms with Gasteiger partial charge >= 0.3 is 11.9 Å². The molecule has 112 valence electrons. The summed E-state index contributed by atoms with van der Waals surface area (Å²) < 4.78 is 83.5. The molecule has 0 heterocycles. The van der Waals surface area contributed by atoms with E-state index in [-0.39, 0.29) is 6.07 Å². The van der Waals surface area contributed by atoms with Gasteiger partial charge in [0.15, 0.2) is 23.3 Å². The Morgan fingerprint density at radius 2 is 1.70 bits per heavy atom. The van der Waals surface area contributed by atoms with Gasteiger partial charge in [0.1, 0.15) is 6.04 Å². The van der Waals surface area contributed by atoms with Gasteiger partial charge in [0.05, 0.1) is 12.2 Å². The second kappa shape index (κ2) is 5.70. The van der Waals surface area contributed by atoms with Crippen molar-refractivity contribution in [2.24, 2.45) is 5.73 Å². The molecule has 0 aromatic heterocycles. The van der Waals surface area contributed by atoms with Gasteiger partial charge < -0.3 is 10.5 Å². The maximum Gasteiger partial charge on any atom is 0.379 e. The van der Waals surface area contributed by atoms with Crippen molar-refractivity contribution in [3.8, 4) is 0 Å². The molecule has 1 aromatic rings. The summed E-state index contributed by atoms with van der Waals surface area (Å²) in [5.41, 5.74) is 3.12. The molecule has 0 saturated carbocycles. The molecule has 0 amide bonds. The number of rotatable bonds is 4. The van der Waals surface area contributed by atoms with Crippen LogP contribution < -0.4 is 5.73 Å². The van der Waals surface area contributed by atoms with Crippen LogP contribution in [0.5, 0.6) is 0 Å². The van der Waals surface area contributed by atoms with Crippen LogP contribution in [0.25, 0.3) is 0 Å². The predicted molar refractivity (Wildman–Crippen MR) is 54.8 cm³/mol. The van der Waals surface area contributed by atoms with Crippen molar-refractivity contribution < 1.29 is 35.9 Å². The lowest BCUT2D eigenvalue weighted by atomic mass is 9.99. The van der Waals surface area contributed by atoms with Crippen LogP contribution in [0.4, 0.5) is 26.3 Å². The first-order chi connectivity index (χ1) is 9.14. The van der Waals surface area contributed by atoms with Crippen LogP contribution in [-0.4, -0.2) is 18.5 Å². The average Bonchev–Trinajstić information content (AvgIpc) is 2.36. The summed E-state index contributed by atoms with van der Waals surface area (Å²) in [7, 11) is 0. The van der Waals surface area contributed by atoms with Crippen LogP contribution in [0, 0.1) is 23.3 Å². The van der Waals surface area contributed by atoms with Crippen LogP contribution in [0.2, 0.25) is 0 Å². The third kappa shape index (κ3) is 2.72. The number of esters is 1. The van der Waals surface area contributed by atoms with Crippen molar-refractivity contribution in [2.75, 3.05) is 6.61 Å². The fourth-order valence-corrected chi connectivity index (χ4v) is 1.40. The highest BCUT2D eigenvalue weighted by Gasteiger charge is 2.50. The lowest BCUT2D eigenvalue weighted by Gasteiger charge is -2.22. The van der Waals surface area contributed by atoms with Gasteiger partial charge in [-0.25, -0.2) is 22.4 Å². The molecule has 0 saturated heterocycles. The van der Waals surface area contributed by atoms with Gasteiger partial charge in [-0.1, -0.05) is 0 Å². The van der Waals surface area contributed by atoms with Gasteiger partial charge in [-0.05, 0) is 6.92 Å². The molecule has 0 bridgehead atoms. The number of nitrogens with two attached hydrogens (primary N) is 1. The standard InChI is InChI=1S/C11H9F6NO2/c1-2-20-10(19)11(16,17)9(18)6-7(14)4(12)3-5(13)8(6)15/h3,9H,2,18H2,1H3/t9-/m0/s1. The van der Waals surface area contributed by atoms with E-state index in [1.54, 1.807) is 0 Å². The van der Waals surface area contributed by atoms with E-state index in [4.69, 9.17) is 5.73 Å². The molecule has 0 spiro atoms. The summed E-state index contributed by atoms with van der Waals surface area (Å²) in [5.74, 6) is -14.7. The van der Waals surface area contributed by atoms with Crippen LogP contribution >= 0.6 is 0 Å². The maximum atomic E-state index is 13.5. The number of carbonyl (C=O) groups excluding carboxylic acids is 1. The highest BCUT2D eigenvalue weighted by Crippen LogP contribution is 2.35. The average molecular weight is 301 g/mol. The summed E-state index contributed by atoms with van der Waals surface area (Å²) in [4.78, 5) is 11.0. The fraction of sp³-hybridized carbons (Fsp3) is 0.364. The van der Waals surface area contributed by atoms with Gasteiger partial charge in [-0.2, -0.15) is 8.78 Å². The Morgan fingerprint density at radius 1 is 1.25 bits per heavy atom. The van der Waals surface area contributed by atoms with E-state index in [0.29, 0.717) is 0 Å². The first-order valence-corrected chi connectivity index (χ1v) is 5.28. The summed E-state index contributed by atoms with van der Waals surface area (Å²) in [5, 5.41) is 0. The monoisotopic (exact) mass is 301 g/mol. The minimum Gasteiger partial charge on any atom is -0.462 e. The molecule has 3 nitrogen and oxygen atoms in total. The molecule has 20 heavy (non-hydrogen) atoms. The maximum absolute atomic E-state index is 13.5. The summed E-state index contributed by atoms with van der Waals surface area (Å²) in [6.45, 7) is 0.770. The Kier molecular flexibility index (Phi) is 4.64.